The van der Waals surface area contributed by atoms with E-state index in [0.717, 1.165) is 31.2 Å². The van der Waals surface area contributed by atoms with Crippen LogP contribution in [0, 0.1) is 11.8 Å². The van der Waals surface area contributed by atoms with Crippen LogP contribution in [0.25, 0.3) is 0 Å². The summed E-state index contributed by atoms with van der Waals surface area (Å²) in [4.78, 5) is 36.2. The zero-order valence-electron chi connectivity index (χ0n) is 14.7. The summed E-state index contributed by atoms with van der Waals surface area (Å²) in [6.45, 7) is 0. The van der Waals surface area contributed by atoms with E-state index in [0.29, 0.717) is 22.9 Å². The first kappa shape index (κ1) is 18.6. The van der Waals surface area contributed by atoms with Crippen LogP contribution in [0.2, 0.25) is 10.0 Å². The smallest absolute Gasteiger partial charge is 0.322 e. The lowest BCUT2D eigenvalue weighted by atomic mass is 9.67. The molecule has 1 atom stereocenters. The Morgan fingerprint density at radius 2 is 1.78 bits per heavy atom. The summed E-state index contributed by atoms with van der Waals surface area (Å²) < 4.78 is 0. The van der Waals surface area contributed by atoms with Gasteiger partial charge in [-0.3, -0.25) is 14.9 Å². The van der Waals surface area contributed by atoms with Crippen molar-refractivity contribution >= 4 is 41.0 Å². The van der Waals surface area contributed by atoms with Crippen molar-refractivity contribution in [1.82, 2.24) is 16.0 Å². The molecule has 1 spiro atoms. The zero-order chi connectivity index (χ0) is 19.2. The van der Waals surface area contributed by atoms with Crippen molar-refractivity contribution in [3.63, 3.8) is 0 Å². The zero-order valence-corrected chi connectivity index (χ0v) is 16.2. The molecule has 1 aliphatic heterocycles. The van der Waals surface area contributed by atoms with E-state index in [9.17, 15) is 14.4 Å². The van der Waals surface area contributed by atoms with E-state index >= 15 is 0 Å². The predicted molar refractivity (Wildman–Crippen MR) is 101 cm³/mol. The molecule has 6 nitrogen and oxygen atoms in total. The van der Waals surface area contributed by atoms with Crippen molar-refractivity contribution < 1.29 is 14.4 Å². The first-order valence-electron chi connectivity index (χ1n) is 9.27. The Morgan fingerprint density at radius 1 is 1.15 bits per heavy atom. The van der Waals surface area contributed by atoms with Crippen molar-refractivity contribution in [3.05, 3.63) is 33.8 Å². The van der Waals surface area contributed by atoms with Gasteiger partial charge in [0.05, 0.1) is 6.04 Å². The molecule has 4 rings (SSSR count). The van der Waals surface area contributed by atoms with E-state index in [1.54, 1.807) is 18.2 Å². The maximum absolute atomic E-state index is 12.9. The third-order valence-corrected chi connectivity index (χ3v) is 6.71. The molecule has 2 saturated carbocycles. The Kier molecular flexibility index (Phi) is 4.80. The number of imide groups is 1. The molecular formula is C19H21Cl2N3O3. The highest BCUT2D eigenvalue weighted by molar-refractivity contribution is 6.36. The van der Waals surface area contributed by atoms with Gasteiger partial charge in [0.15, 0.2) is 0 Å². The molecule has 1 saturated heterocycles. The van der Waals surface area contributed by atoms with Crippen LogP contribution in [0.3, 0.4) is 0 Å². The Morgan fingerprint density at radius 3 is 2.33 bits per heavy atom. The van der Waals surface area contributed by atoms with Gasteiger partial charge in [-0.15, -0.1) is 0 Å². The molecule has 144 valence electrons. The molecule has 1 aromatic rings. The van der Waals surface area contributed by atoms with Crippen LogP contribution in [-0.2, 0) is 9.59 Å². The van der Waals surface area contributed by atoms with E-state index in [-0.39, 0.29) is 29.7 Å². The van der Waals surface area contributed by atoms with Gasteiger partial charge < -0.3 is 10.6 Å². The van der Waals surface area contributed by atoms with Gasteiger partial charge in [0, 0.05) is 21.5 Å². The number of carbonyl (C=O) groups is 3. The van der Waals surface area contributed by atoms with Crippen LogP contribution in [0.5, 0.6) is 0 Å². The first-order chi connectivity index (χ1) is 12.9. The monoisotopic (exact) mass is 409 g/mol. The molecule has 0 aromatic heterocycles. The average Bonchev–Trinajstić information content (AvgIpc) is 3.19. The fourth-order valence-electron chi connectivity index (χ4n) is 4.58. The van der Waals surface area contributed by atoms with E-state index < -0.39 is 11.6 Å². The lowest BCUT2D eigenvalue weighted by molar-refractivity contribution is -0.137. The molecule has 3 N–H and O–H groups in total. The maximum Gasteiger partial charge on any atom is 0.322 e. The molecule has 1 heterocycles. The third kappa shape index (κ3) is 3.29. The highest BCUT2D eigenvalue weighted by Gasteiger charge is 2.57. The minimum atomic E-state index is -0.927. The van der Waals surface area contributed by atoms with Gasteiger partial charge in [-0.25, -0.2) is 4.79 Å². The second-order valence-electron chi connectivity index (χ2n) is 7.76. The quantitative estimate of drug-likeness (QED) is 0.666. The fraction of sp³-hybridized carbons (Fsp3) is 0.526. The van der Waals surface area contributed by atoms with Crippen molar-refractivity contribution in [2.75, 3.05) is 0 Å². The van der Waals surface area contributed by atoms with Gasteiger partial charge in [0.2, 0.25) is 5.91 Å². The Hall–Kier alpha value is -1.79. The number of urea groups is 1. The van der Waals surface area contributed by atoms with Crippen molar-refractivity contribution in [3.8, 4) is 0 Å². The van der Waals surface area contributed by atoms with Crippen molar-refractivity contribution in [2.24, 2.45) is 11.8 Å². The Balaban J connectivity index is 1.50. The summed E-state index contributed by atoms with van der Waals surface area (Å²) in [5.41, 5.74) is -0.161. The van der Waals surface area contributed by atoms with Gasteiger partial charge in [0.1, 0.15) is 5.54 Å². The van der Waals surface area contributed by atoms with Gasteiger partial charge in [-0.2, -0.15) is 0 Å². The summed E-state index contributed by atoms with van der Waals surface area (Å²) in [6.07, 6.45) is 4.89. The largest absolute Gasteiger partial charge is 0.349 e. The molecule has 3 fully saturated rings. The number of rotatable bonds is 4. The van der Waals surface area contributed by atoms with E-state index in [4.69, 9.17) is 23.2 Å². The van der Waals surface area contributed by atoms with Crippen LogP contribution < -0.4 is 16.0 Å². The summed E-state index contributed by atoms with van der Waals surface area (Å²) in [6, 6.07) is 4.62. The maximum atomic E-state index is 12.9. The standard InChI is InChI=1S/C19H21Cl2N3O3/c20-12-6-3-7-13(21)14(12)15(10-4-1-2-5-10)22-16(25)11-8-19(9-11)17(26)23-18(27)24-19/h3,6-7,10-11,15H,1-2,4-5,8-9H2,(H,22,25)(H2,23,24,26,27). The summed E-state index contributed by atoms with van der Waals surface area (Å²) in [7, 11) is 0. The molecule has 0 bridgehead atoms. The van der Waals surface area contributed by atoms with Crippen molar-refractivity contribution in [1.29, 1.82) is 0 Å². The molecule has 8 heteroatoms. The SMILES string of the molecule is O=C1NC(=O)C2(CC(C(=O)NC(c3c(Cl)cccc3Cl)C3CCCC3)C2)N1. The molecule has 3 aliphatic rings. The molecule has 1 unspecified atom stereocenters. The third-order valence-electron chi connectivity index (χ3n) is 6.05. The van der Waals surface area contributed by atoms with Crippen LogP contribution in [0.15, 0.2) is 18.2 Å². The van der Waals surface area contributed by atoms with E-state index in [1.165, 1.54) is 0 Å². The van der Waals surface area contributed by atoms with Gasteiger partial charge in [-0.1, -0.05) is 42.1 Å². The number of amides is 4. The highest BCUT2D eigenvalue weighted by atomic mass is 35.5. The molecule has 4 amide bonds. The molecule has 0 radical (unpaired) electrons. The van der Waals surface area contributed by atoms with Gasteiger partial charge >= 0.3 is 6.03 Å². The van der Waals surface area contributed by atoms with Gasteiger partial charge in [-0.05, 0) is 43.7 Å². The Labute approximate surface area is 167 Å². The van der Waals surface area contributed by atoms with Crippen molar-refractivity contribution in [2.45, 2.75) is 50.1 Å². The minimum Gasteiger partial charge on any atom is -0.349 e. The van der Waals surface area contributed by atoms with Crippen LogP contribution >= 0.6 is 23.2 Å². The number of carbonyl (C=O) groups excluding carboxylic acids is 3. The van der Waals surface area contributed by atoms with Crippen LogP contribution in [0.4, 0.5) is 4.79 Å². The molecule has 27 heavy (non-hydrogen) atoms. The topological polar surface area (TPSA) is 87.3 Å². The molecular weight excluding hydrogens is 389 g/mol. The van der Waals surface area contributed by atoms with E-state index in [2.05, 4.69) is 16.0 Å². The highest BCUT2D eigenvalue weighted by Crippen LogP contribution is 2.43. The number of hydrogen-bond acceptors (Lipinski definition) is 3. The molecule has 2 aliphatic carbocycles. The minimum absolute atomic E-state index is 0.123. The fourth-order valence-corrected chi connectivity index (χ4v) is 5.21. The number of benzene rings is 1. The lowest BCUT2D eigenvalue weighted by Gasteiger charge is -2.42. The number of hydrogen-bond donors (Lipinski definition) is 3. The van der Waals surface area contributed by atoms with Crippen LogP contribution in [-0.4, -0.2) is 23.4 Å². The Bertz CT molecular complexity index is 781. The second kappa shape index (κ2) is 6.99. The average molecular weight is 410 g/mol. The van der Waals surface area contributed by atoms with Crippen LogP contribution in [0.1, 0.15) is 50.1 Å². The predicted octanol–water partition coefficient (Wildman–Crippen LogP) is 3.33. The first-order valence-corrected chi connectivity index (χ1v) is 10.0. The lowest BCUT2D eigenvalue weighted by Crippen LogP contribution is -2.60. The normalized spacial score (nSPS) is 28.6. The summed E-state index contributed by atoms with van der Waals surface area (Å²) >= 11 is 12.8. The number of halogens is 2. The second-order valence-corrected chi connectivity index (χ2v) is 8.58. The number of nitrogens with one attached hydrogen (secondary N) is 3. The van der Waals surface area contributed by atoms with Gasteiger partial charge in [0.25, 0.3) is 5.91 Å². The summed E-state index contributed by atoms with van der Waals surface area (Å²) in [5, 5.41) is 9.11. The summed E-state index contributed by atoms with van der Waals surface area (Å²) in [5.74, 6) is -0.505. The van der Waals surface area contributed by atoms with E-state index in [1.807, 2.05) is 0 Å². The molecule has 1 aromatic carbocycles.